The van der Waals surface area contributed by atoms with E-state index in [0.29, 0.717) is 11.6 Å². The monoisotopic (exact) mass is 184 g/mol. The molecule has 1 aliphatic carbocycles. The molecular weight excluding hydrogens is 172 g/mol. The van der Waals surface area contributed by atoms with Crippen LogP contribution in [0.3, 0.4) is 0 Å². The highest BCUT2D eigenvalue weighted by Crippen LogP contribution is 2.17. The Balaban J connectivity index is 2.09. The van der Waals surface area contributed by atoms with Crippen molar-refractivity contribution in [1.29, 1.82) is 5.26 Å². The van der Waals surface area contributed by atoms with Crippen molar-refractivity contribution in [2.75, 3.05) is 5.32 Å². The average molecular weight is 184 g/mol. The fourth-order valence-electron chi connectivity index (χ4n) is 1.65. The molecule has 1 aliphatic rings. The molecule has 0 bridgehead atoms. The van der Waals surface area contributed by atoms with Gasteiger partial charge < -0.3 is 5.32 Å². The van der Waals surface area contributed by atoms with Crippen LogP contribution in [0.2, 0.25) is 0 Å². The number of hydrogen-bond donors (Lipinski definition) is 1. The number of nitriles is 1. The highest BCUT2D eigenvalue weighted by Gasteiger charge is 2.08. The van der Waals surface area contributed by atoms with Crippen molar-refractivity contribution in [3.05, 3.63) is 42.0 Å². The minimum Gasteiger partial charge on any atom is -0.379 e. The van der Waals surface area contributed by atoms with Crippen LogP contribution in [0, 0.1) is 11.3 Å². The Morgan fingerprint density at radius 2 is 2.36 bits per heavy atom. The Morgan fingerprint density at radius 1 is 1.43 bits per heavy atom. The van der Waals surface area contributed by atoms with E-state index in [1.807, 2.05) is 24.3 Å². The summed E-state index contributed by atoms with van der Waals surface area (Å²) in [6.07, 6.45) is 6.66. The van der Waals surface area contributed by atoms with E-state index < -0.39 is 0 Å². The molecule has 0 amide bonds. The first-order chi connectivity index (χ1) is 6.88. The maximum atomic E-state index is 8.73. The van der Waals surface area contributed by atoms with Crippen molar-refractivity contribution < 1.29 is 0 Å². The predicted molar refractivity (Wildman–Crippen MR) is 56.9 cm³/mol. The second-order valence-electron chi connectivity index (χ2n) is 3.45. The third-order valence-corrected chi connectivity index (χ3v) is 2.36. The van der Waals surface area contributed by atoms with Gasteiger partial charge in [-0.25, -0.2) is 0 Å². The first-order valence-electron chi connectivity index (χ1n) is 4.82. The van der Waals surface area contributed by atoms with Crippen LogP contribution >= 0.6 is 0 Å². The van der Waals surface area contributed by atoms with E-state index in [-0.39, 0.29) is 0 Å². The zero-order valence-corrected chi connectivity index (χ0v) is 7.90. The van der Waals surface area contributed by atoms with Gasteiger partial charge in [0, 0.05) is 11.7 Å². The smallest absolute Gasteiger partial charge is 0.0992 e. The molecule has 1 atom stereocenters. The molecule has 0 spiro atoms. The van der Waals surface area contributed by atoms with Crippen LogP contribution in [0.4, 0.5) is 5.69 Å². The van der Waals surface area contributed by atoms with Crippen molar-refractivity contribution in [2.24, 2.45) is 0 Å². The van der Waals surface area contributed by atoms with Crippen molar-refractivity contribution >= 4 is 5.69 Å². The molecule has 2 rings (SSSR count). The minimum atomic E-state index is 0.434. The van der Waals surface area contributed by atoms with Crippen LogP contribution in [-0.2, 0) is 0 Å². The third kappa shape index (κ3) is 1.94. The lowest BCUT2D eigenvalue weighted by Gasteiger charge is -2.11. The summed E-state index contributed by atoms with van der Waals surface area (Å²) in [6, 6.07) is 10.2. The number of anilines is 1. The molecule has 0 radical (unpaired) electrons. The first-order valence-corrected chi connectivity index (χ1v) is 4.82. The van der Waals surface area contributed by atoms with Gasteiger partial charge in [-0.05, 0) is 31.0 Å². The van der Waals surface area contributed by atoms with Crippen LogP contribution in [0.5, 0.6) is 0 Å². The molecule has 0 saturated heterocycles. The van der Waals surface area contributed by atoms with Gasteiger partial charge in [0.05, 0.1) is 11.6 Å². The molecule has 14 heavy (non-hydrogen) atoms. The van der Waals surface area contributed by atoms with Gasteiger partial charge in [-0.2, -0.15) is 5.26 Å². The summed E-state index contributed by atoms with van der Waals surface area (Å²) in [7, 11) is 0. The molecule has 2 heteroatoms. The molecule has 2 nitrogen and oxygen atoms in total. The van der Waals surface area contributed by atoms with Gasteiger partial charge in [0.2, 0.25) is 0 Å². The Hall–Kier alpha value is -1.75. The van der Waals surface area contributed by atoms with Crippen LogP contribution in [0.1, 0.15) is 18.4 Å². The number of benzene rings is 1. The Kier molecular flexibility index (Phi) is 2.51. The SMILES string of the molecule is N#Cc1cccc(NC2C=CCC2)c1. The predicted octanol–water partition coefficient (Wildman–Crippen LogP) is 2.69. The lowest BCUT2D eigenvalue weighted by atomic mass is 10.2. The molecule has 70 valence electrons. The van der Waals surface area contributed by atoms with Gasteiger partial charge in [0.1, 0.15) is 0 Å². The van der Waals surface area contributed by atoms with Crippen molar-refractivity contribution in [1.82, 2.24) is 0 Å². The summed E-state index contributed by atoms with van der Waals surface area (Å²) in [5.74, 6) is 0. The second-order valence-corrected chi connectivity index (χ2v) is 3.45. The zero-order chi connectivity index (χ0) is 9.80. The third-order valence-electron chi connectivity index (χ3n) is 2.36. The molecule has 0 fully saturated rings. The number of rotatable bonds is 2. The number of allylic oxidation sites excluding steroid dienone is 1. The van der Waals surface area contributed by atoms with E-state index in [1.165, 1.54) is 0 Å². The van der Waals surface area contributed by atoms with Crippen molar-refractivity contribution in [3.8, 4) is 6.07 Å². The number of nitrogens with one attached hydrogen (secondary N) is 1. The highest BCUT2D eigenvalue weighted by molar-refractivity contribution is 5.50. The molecule has 1 unspecified atom stereocenters. The standard InChI is InChI=1S/C12H12N2/c13-9-10-4-3-7-12(8-10)14-11-5-1-2-6-11/h1,3-5,7-8,11,14H,2,6H2. The highest BCUT2D eigenvalue weighted by atomic mass is 14.9. The minimum absolute atomic E-state index is 0.434. The maximum absolute atomic E-state index is 8.73. The molecular formula is C12H12N2. The summed E-state index contributed by atoms with van der Waals surface area (Å²) in [5, 5.41) is 12.1. The molecule has 0 saturated carbocycles. The number of nitrogens with zero attached hydrogens (tertiary/aromatic N) is 1. The molecule has 0 aromatic heterocycles. The average Bonchev–Trinajstić information content (AvgIpc) is 2.71. The van der Waals surface area contributed by atoms with Gasteiger partial charge in [0.25, 0.3) is 0 Å². The van der Waals surface area contributed by atoms with Crippen molar-refractivity contribution in [3.63, 3.8) is 0 Å². The van der Waals surface area contributed by atoms with E-state index in [1.54, 1.807) is 0 Å². The normalized spacial score (nSPS) is 19.2. The van der Waals surface area contributed by atoms with Gasteiger partial charge >= 0.3 is 0 Å². The Morgan fingerprint density at radius 3 is 3.07 bits per heavy atom. The van der Waals surface area contributed by atoms with E-state index >= 15 is 0 Å². The fraction of sp³-hybridized carbons (Fsp3) is 0.250. The Labute approximate surface area is 83.9 Å². The van der Waals surface area contributed by atoms with Crippen molar-refractivity contribution in [2.45, 2.75) is 18.9 Å². The van der Waals surface area contributed by atoms with E-state index in [4.69, 9.17) is 5.26 Å². The largest absolute Gasteiger partial charge is 0.379 e. The molecule has 1 aromatic rings. The fourth-order valence-corrected chi connectivity index (χ4v) is 1.65. The van der Waals surface area contributed by atoms with Gasteiger partial charge in [-0.1, -0.05) is 18.2 Å². The molecule has 1 N–H and O–H groups in total. The lowest BCUT2D eigenvalue weighted by molar-refractivity contribution is 0.826. The van der Waals surface area contributed by atoms with Crippen LogP contribution in [0.15, 0.2) is 36.4 Å². The maximum Gasteiger partial charge on any atom is 0.0992 e. The van der Waals surface area contributed by atoms with Crippen LogP contribution < -0.4 is 5.32 Å². The second kappa shape index (κ2) is 3.97. The molecule has 1 aromatic carbocycles. The summed E-state index contributed by atoms with van der Waals surface area (Å²) < 4.78 is 0. The lowest BCUT2D eigenvalue weighted by Crippen LogP contribution is -2.13. The summed E-state index contributed by atoms with van der Waals surface area (Å²) in [4.78, 5) is 0. The summed E-state index contributed by atoms with van der Waals surface area (Å²) in [5.41, 5.74) is 1.73. The summed E-state index contributed by atoms with van der Waals surface area (Å²) >= 11 is 0. The zero-order valence-electron chi connectivity index (χ0n) is 7.90. The molecule has 0 aliphatic heterocycles. The first kappa shape index (κ1) is 8.83. The number of hydrogen-bond acceptors (Lipinski definition) is 2. The van der Waals surface area contributed by atoms with E-state index in [2.05, 4.69) is 23.5 Å². The van der Waals surface area contributed by atoms with Gasteiger partial charge in [-0.3, -0.25) is 0 Å². The topological polar surface area (TPSA) is 35.8 Å². The van der Waals surface area contributed by atoms with E-state index in [0.717, 1.165) is 18.5 Å². The van der Waals surface area contributed by atoms with E-state index in [9.17, 15) is 0 Å². The summed E-state index contributed by atoms with van der Waals surface area (Å²) in [6.45, 7) is 0. The van der Waals surface area contributed by atoms with Gasteiger partial charge in [-0.15, -0.1) is 0 Å². The van der Waals surface area contributed by atoms with Crippen LogP contribution in [-0.4, -0.2) is 6.04 Å². The quantitative estimate of drug-likeness (QED) is 0.717. The molecule has 0 heterocycles. The van der Waals surface area contributed by atoms with Crippen LogP contribution in [0.25, 0.3) is 0 Å². The van der Waals surface area contributed by atoms with Gasteiger partial charge in [0.15, 0.2) is 0 Å². The Bertz CT molecular complexity index is 388.